The van der Waals surface area contributed by atoms with Crippen LogP contribution in [0.3, 0.4) is 0 Å². The van der Waals surface area contributed by atoms with Crippen molar-refractivity contribution in [1.82, 2.24) is 4.57 Å². The van der Waals surface area contributed by atoms with Crippen LogP contribution in [0.25, 0.3) is 55.7 Å². The Balaban J connectivity index is 1.23. The van der Waals surface area contributed by atoms with Crippen molar-refractivity contribution in [2.24, 2.45) is 0 Å². The van der Waals surface area contributed by atoms with E-state index >= 15 is 0 Å². The van der Waals surface area contributed by atoms with E-state index in [1.807, 2.05) is 0 Å². The van der Waals surface area contributed by atoms with Crippen LogP contribution in [0, 0.1) is 0 Å². The molecular formula is C37H26N2O. The molecular weight excluding hydrogens is 488 g/mol. The number of nitrogens with zero attached hydrogens (tertiary/aromatic N) is 2. The second kappa shape index (κ2) is 8.24. The highest BCUT2D eigenvalue weighted by Gasteiger charge is 2.24. The maximum absolute atomic E-state index is 6.35. The first kappa shape index (κ1) is 21.9. The van der Waals surface area contributed by atoms with Crippen molar-refractivity contribution < 1.29 is 4.42 Å². The summed E-state index contributed by atoms with van der Waals surface area (Å²) < 4.78 is 8.77. The molecule has 1 aliphatic carbocycles. The second-order valence-electron chi connectivity index (χ2n) is 10.9. The summed E-state index contributed by atoms with van der Waals surface area (Å²) in [4.78, 5) is 2.43. The van der Waals surface area contributed by atoms with Gasteiger partial charge in [-0.1, -0.05) is 66.7 Å². The van der Waals surface area contributed by atoms with Crippen molar-refractivity contribution in [3.8, 4) is 16.8 Å². The first-order valence-corrected chi connectivity index (χ1v) is 14.0. The highest BCUT2D eigenvalue weighted by Crippen LogP contribution is 2.44. The van der Waals surface area contributed by atoms with Gasteiger partial charge in [-0.05, 0) is 84.1 Å². The first-order valence-electron chi connectivity index (χ1n) is 14.0. The molecule has 3 nitrogen and oxygen atoms in total. The second-order valence-corrected chi connectivity index (χ2v) is 10.9. The third-order valence-electron chi connectivity index (χ3n) is 8.69. The lowest BCUT2D eigenvalue weighted by molar-refractivity contribution is 0.669. The van der Waals surface area contributed by atoms with Gasteiger partial charge >= 0.3 is 0 Å². The van der Waals surface area contributed by atoms with Crippen molar-refractivity contribution in [3.05, 3.63) is 132 Å². The quantitative estimate of drug-likeness (QED) is 0.229. The lowest BCUT2D eigenvalue weighted by Crippen LogP contribution is -2.21. The van der Waals surface area contributed by atoms with E-state index in [1.54, 1.807) is 0 Å². The third kappa shape index (κ3) is 3.06. The highest BCUT2D eigenvalue weighted by molar-refractivity contribution is 6.07. The maximum Gasteiger partial charge on any atom is 0.135 e. The normalized spacial score (nSPS) is 14.1. The Morgan fingerprint density at radius 3 is 2.25 bits per heavy atom. The van der Waals surface area contributed by atoms with Gasteiger partial charge in [-0.15, -0.1) is 0 Å². The Kier molecular flexibility index (Phi) is 4.50. The van der Waals surface area contributed by atoms with E-state index in [1.165, 1.54) is 55.9 Å². The number of para-hydroxylation sites is 2. The molecule has 0 spiro atoms. The smallest absolute Gasteiger partial charge is 0.135 e. The SMILES string of the molecule is C1=Cc2c(c3ccccc3n2-c2ccc3oc4ccc(N5Cc6ccccc6-c6ccccc65)cc4c3c2)CC1. The molecule has 2 aliphatic rings. The zero-order chi connectivity index (χ0) is 26.2. The predicted octanol–water partition coefficient (Wildman–Crippen LogP) is 9.81. The summed E-state index contributed by atoms with van der Waals surface area (Å²) in [6.45, 7) is 0.841. The van der Waals surface area contributed by atoms with Gasteiger partial charge < -0.3 is 13.9 Å². The molecule has 9 rings (SSSR count). The van der Waals surface area contributed by atoms with Crippen LogP contribution in [0.1, 0.15) is 23.2 Å². The number of anilines is 2. The number of hydrogen-bond acceptors (Lipinski definition) is 2. The van der Waals surface area contributed by atoms with Gasteiger partial charge in [0.1, 0.15) is 11.2 Å². The molecule has 7 aromatic rings. The standard InChI is InChI=1S/C37H26N2O/c1-2-10-27-24(9-1)23-38(33-14-6-3-11-28(27)33)25-17-19-36-31(21-25)32-22-26(18-20-37(32)40-36)39-34-15-7-4-12-29(34)30-13-5-8-16-35(30)39/h1-4,6-12,14-22H,5,13,23H2. The summed E-state index contributed by atoms with van der Waals surface area (Å²) in [6, 6.07) is 39.5. The lowest BCUT2D eigenvalue weighted by atomic mass is 9.93. The van der Waals surface area contributed by atoms with Gasteiger partial charge in [-0.2, -0.15) is 0 Å². The average Bonchev–Trinajstić information content (AvgIpc) is 3.55. The summed E-state index contributed by atoms with van der Waals surface area (Å²) in [5.41, 5.74) is 13.4. The Labute approximate surface area is 232 Å². The fraction of sp³-hybridized carbons (Fsp3) is 0.0811. The Hall–Kier alpha value is -5.02. The monoisotopic (exact) mass is 514 g/mol. The number of fused-ring (bicyclic) bond motifs is 9. The van der Waals surface area contributed by atoms with Crippen LogP contribution in [0.5, 0.6) is 0 Å². The molecule has 0 saturated carbocycles. The molecule has 2 aromatic heterocycles. The van der Waals surface area contributed by atoms with Crippen LogP contribution >= 0.6 is 0 Å². The fourth-order valence-corrected chi connectivity index (χ4v) is 6.87. The molecule has 0 bridgehead atoms. The van der Waals surface area contributed by atoms with Gasteiger partial charge in [-0.25, -0.2) is 0 Å². The molecule has 190 valence electrons. The molecule has 1 aliphatic heterocycles. The number of aromatic nitrogens is 1. The molecule has 0 radical (unpaired) electrons. The molecule has 0 atom stereocenters. The third-order valence-corrected chi connectivity index (χ3v) is 8.69. The van der Waals surface area contributed by atoms with E-state index in [2.05, 4.69) is 131 Å². The topological polar surface area (TPSA) is 21.3 Å². The summed E-state index contributed by atoms with van der Waals surface area (Å²) in [6.07, 6.45) is 6.77. The number of aryl methyl sites for hydroxylation is 1. The largest absolute Gasteiger partial charge is 0.456 e. The average molecular weight is 515 g/mol. The zero-order valence-corrected chi connectivity index (χ0v) is 22.0. The Morgan fingerprint density at radius 2 is 1.35 bits per heavy atom. The molecule has 0 amide bonds. The van der Waals surface area contributed by atoms with E-state index in [9.17, 15) is 0 Å². The van der Waals surface area contributed by atoms with Gasteiger partial charge in [0.25, 0.3) is 0 Å². The fourth-order valence-electron chi connectivity index (χ4n) is 6.87. The van der Waals surface area contributed by atoms with Gasteiger partial charge in [-0.3, -0.25) is 0 Å². The van der Waals surface area contributed by atoms with Crippen molar-refractivity contribution in [3.63, 3.8) is 0 Å². The summed E-state index contributed by atoms with van der Waals surface area (Å²) in [5, 5.41) is 3.64. The van der Waals surface area contributed by atoms with E-state index in [-0.39, 0.29) is 0 Å². The summed E-state index contributed by atoms with van der Waals surface area (Å²) in [7, 11) is 0. The van der Waals surface area contributed by atoms with E-state index in [4.69, 9.17) is 4.42 Å². The molecule has 0 fully saturated rings. The maximum atomic E-state index is 6.35. The van der Waals surface area contributed by atoms with Gasteiger partial charge in [0.05, 0.1) is 5.52 Å². The van der Waals surface area contributed by atoms with E-state index in [0.717, 1.165) is 41.3 Å². The molecule has 40 heavy (non-hydrogen) atoms. The molecule has 0 N–H and O–H groups in total. The van der Waals surface area contributed by atoms with Crippen molar-refractivity contribution in [2.75, 3.05) is 4.90 Å². The number of furan rings is 1. The van der Waals surface area contributed by atoms with Crippen molar-refractivity contribution >= 4 is 50.3 Å². The molecule has 5 aromatic carbocycles. The lowest BCUT2D eigenvalue weighted by Gasteiger charge is -2.33. The minimum absolute atomic E-state index is 0.841. The van der Waals surface area contributed by atoms with Crippen LogP contribution in [0.2, 0.25) is 0 Å². The van der Waals surface area contributed by atoms with Crippen LogP contribution in [-0.2, 0) is 13.0 Å². The number of hydrogen-bond donors (Lipinski definition) is 0. The summed E-state index contributed by atoms with van der Waals surface area (Å²) >= 11 is 0. The molecule has 3 heterocycles. The first-order chi connectivity index (χ1) is 19.8. The van der Waals surface area contributed by atoms with Crippen LogP contribution in [-0.4, -0.2) is 4.57 Å². The highest BCUT2D eigenvalue weighted by atomic mass is 16.3. The molecule has 3 heteroatoms. The van der Waals surface area contributed by atoms with Gasteiger partial charge in [0.2, 0.25) is 0 Å². The molecule has 0 unspecified atom stereocenters. The van der Waals surface area contributed by atoms with Crippen LogP contribution < -0.4 is 4.90 Å². The number of rotatable bonds is 2. The van der Waals surface area contributed by atoms with Gasteiger partial charge in [0, 0.05) is 51.0 Å². The van der Waals surface area contributed by atoms with Crippen molar-refractivity contribution in [1.29, 1.82) is 0 Å². The Bertz CT molecular complexity index is 2160. The van der Waals surface area contributed by atoms with E-state index < -0.39 is 0 Å². The van der Waals surface area contributed by atoms with Crippen molar-refractivity contribution in [2.45, 2.75) is 19.4 Å². The van der Waals surface area contributed by atoms with Crippen LogP contribution in [0.15, 0.2) is 120 Å². The minimum Gasteiger partial charge on any atom is -0.456 e. The Morgan fingerprint density at radius 1 is 0.625 bits per heavy atom. The minimum atomic E-state index is 0.841. The zero-order valence-electron chi connectivity index (χ0n) is 22.0. The van der Waals surface area contributed by atoms with Gasteiger partial charge in [0.15, 0.2) is 0 Å². The molecule has 0 saturated heterocycles. The summed E-state index contributed by atoms with van der Waals surface area (Å²) in [5.74, 6) is 0. The number of allylic oxidation sites excluding steroid dienone is 1. The predicted molar refractivity (Wildman–Crippen MR) is 166 cm³/mol. The van der Waals surface area contributed by atoms with Crippen LogP contribution in [0.4, 0.5) is 11.4 Å². The number of benzene rings is 5. The van der Waals surface area contributed by atoms with E-state index in [0.29, 0.717) is 0 Å².